The van der Waals surface area contributed by atoms with Gasteiger partial charge in [-0.1, -0.05) is 6.92 Å². The van der Waals surface area contributed by atoms with Crippen LogP contribution in [-0.2, 0) is 10.0 Å². The number of thioether (sulfide) groups is 1. The van der Waals surface area contributed by atoms with Crippen LogP contribution >= 0.6 is 27.7 Å². The molecule has 1 aliphatic heterocycles. The summed E-state index contributed by atoms with van der Waals surface area (Å²) in [7, 11) is -3.46. The first kappa shape index (κ1) is 15.2. The molecule has 1 aromatic carbocycles. The van der Waals surface area contributed by atoms with Crippen LogP contribution in [0.4, 0.5) is 5.69 Å². The largest absolute Gasteiger partial charge is 0.398 e. The fraction of sp³-hybridized carbons (Fsp3) is 0.500. The number of benzene rings is 1. The Morgan fingerprint density at radius 1 is 1.42 bits per heavy atom. The molecule has 1 aliphatic rings. The number of hydrogen-bond donors (Lipinski definition) is 1. The first-order valence-electron chi connectivity index (χ1n) is 6.02. The maximum absolute atomic E-state index is 12.7. The van der Waals surface area contributed by atoms with Crippen LogP contribution in [0.2, 0.25) is 0 Å². The van der Waals surface area contributed by atoms with Gasteiger partial charge < -0.3 is 5.73 Å². The van der Waals surface area contributed by atoms with Crippen LogP contribution in [-0.4, -0.2) is 36.3 Å². The van der Waals surface area contributed by atoms with Crippen LogP contribution in [0.25, 0.3) is 0 Å². The molecule has 0 bridgehead atoms. The minimum Gasteiger partial charge on any atom is -0.398 e. The number of rotatable bonds is 2. The van der Waals surface area contributed by atoms with Gasteiger partial charge in [0.05, 0.1) is 4.90 Å². The van der Waals surface area contributed by atoms with E-state index in [4.69, 9.17) is 5.73 Å². The lowest BCUT2D eigenvalue weighted by Crippen LogP contribution is -2.47. The monoisotopic (exact) mass is 364 g/mol. The van der Waals surface area contributed by atoms with Crippen LogP contribution in [0.1, 0.15) is 13.8 Å². The third-order valence-electron chi connectivity index (χ3n) is 3.40. The summed E-state index contributed by atoms with van der Waals surface area (Å²) < 4.78 is 27.6. The zero-order valence-electron chi connectivity index (χ0n) is 10.8. The number of anilines is 1. The van der Waals surface area contributed by atoms with Gasteiger partial charge in [0, 0.05) is 33.7 Å². The van der Waals surface area contributed by atoms with Crippen molar-refractivity contribution in [2.45, 2.75) is 30.0 Å². The third-order valence-corrected chi connectivity index (χ3v) is 7.44. The minimum atomic E-state index is -3.46. The molecule has 0 aromatic heterocycles. The Balaban J connectivity index is 2.38. The van der Waals surface area contributed by atoms with Crippen molar-refractivity contribution in [1.29, 1.82) is 0 Å². The molecule has 7 heteroatoms. The molecule has 2 N–H and O–H groups in total. The standard InChI is InChI=1S/C12H17BrN2O2S2/c1-8-9(2)18-6-5-15(8)19(16,17)10-3-4-11(13)12(14)7-10/h3-4,7-9H,5-6,14H2,1-2H3. The van der Waals surface area contributed by atoms with Gasteiger partial charge >= 0.3 is 0 Å². The molecule has 2 rings (SSSR count). The molecule has 0 amide bonds. The van der Waals surface area contributed by atoms with Crippen molar-refractivity contribution >= 4 is 43.4 Å². The lowest BCUT2D eigenvalue weighted by atomic mass is 10.2. The van der Waals surface area contributed by atoms with Crippen molar-refractivity contribution in [2.24, 2.45) is 0 Å². The number of nitrogens with two attached hydrogens (primary N) is 1. The van der Waals surface area contributed by atoms with E-state index in [1.807, 2.05) is 18.7 Å². The fourth-order valence-electron chi connectivity index (χ4n) is 2.06. The van der Waals surface area contributed by atoms with Crippen LogP contribution in [0.15, 0.2) is 27.6 Å². The lowest BCUT2D eigenvalue weighted by molar-refractivity contribution is 0.340. The van der Waals surface area contributed by atoms with Crippen molar-refractivity contribution < 1.29 is 8.42 Å². The SMILES string of the molecule is CC1SCCN(S(=O)(=O)c2ccc(Br)c(N)c2)C1C. The van der Waals surface area contributed by atoms with E-state index < -0.39 is 10.0 Å². The molecule has 2 unspecified atom stereocenters. The Morgan fingerprint density at radius 2 is 2.11 bits per heavy atom. The van der Waals surface area contributed by atoms with Gasteiger partial charge in [-0.15, -0.1) is 0 Å². The average Bonchev–Trinajstić information content (AvgIpc) is 2.35. The van der Waals surface area contributed by atoms with Gasteiger partial charge in [-0.3, -0.25) is 0 Å². The summed E-state index contributed by atoms with van der Waals surface area (Å²) >= 11 is 5.09. The van der Waals surface area contributed by atoms with Gasteiger partial charge in [0.25, 0.3) is 0 Å². The summed E-state index contributed by atoms with van der Waals surface area (Å²) in [4.78, 5) is 0.263. The molecule has 1 fully saturated rings. The normalized spacial score (nSPS) is 25.4. The number of nitrogen functional groups attached to an aromatic ring is 1. The van der Waals surface area contributed by atoms with Crippen LogP contribution in [0.5, 0.6) is 0 Å². The van der Waals surface area contributed by atoms with Gasteiger partial charge in [-0.25, -0.2) is 8.42 Å². The zero-order chi connectivity index (χ0) is 14.2. The molecule has 19 heavy (non-hydrogen) atoms. The van der Waals surface area contributed by atoms with Crippen molar-refractivity contribution in [3.8, 4) is 0 Å². The highest BCUT2D eigenvalue weighted by molar-refractivity contribution is 9.10. The molecule has 1 saturated heterocycles. The molecule has 1 heterocycles. The van der Waals surface area contributed by atoms with Crippen LogP contribution in [0, 0.1) is 0 Å². The van der Waals surface area contributed by atoms with Crippen molar-refractivity contribution in [2.75, 3.05) is 18.0 Å². The predicted octanol–water partition coefficient (Wildman–Crippen LogP) is 2.55. The smallest absolute Gasteiger partial charge is 0.243 e. The molecule has 4 nitrogen and oxygen atoms in total. The van der Waals surface area contributed by atoms with E-state index in [1.165, 1.54) is 6.07 Å². The maximum Gasteiger partial charge on any atom is 0.243 e. The Bertz CT molecular complexity index is 577. The second-order valence-corrected chi connectivity index (χ2v) is 8.85. The summed E-state index contributed by atoms with van der Waals surface area (Å²) in [5.41, 5.74) is 6.21. The summed E-state index contributed by atoms with van der Waals surface area (Å²) in [6.45, 7) is 4.57. The molecular formula is C12H17BrN2O2S2. The molecule has 106 valence electrons. The number of halogens is 1. The number of nitrogens with zero attached hydrogens (tertiary/aromatic N) is 1. The first-order valence-corrected chi connectivity index (χ1v) is 9.30. The molecule has 2 atom stereocenters. The Morgan fingerprint density at radius 3 is 2.74 bits per heavy atom. The van der Waals surface area contributed by atoms with E-state index in [2.05, 4.69) is 22.9 Å². The molecular weight excluding hydrogens is 348 g/mol. The molecule has 0 saturated carbocycles. The molecule has 0 spiro atoms. The second-order valence-electron chi connectivity index (χ2n) is 4.62. The molecule has 0 aliphatic carbocycles. The topological polar surface area (TPSA) is 63.4 Å². The van der Waals surface area contributed by atoms with Gasteiger partial charge in [0.2, 0.25) is 10.0 Å². The molecule has 1 aromatic rings. The summed E-state index contributed by atoms with van der Waals surface area (Å²) in [6.07, 6.45) is 0. The van der Waals surface area contributed by atoms with E-state index in [0.717, 1.165) is 5.75 Å². The average molecular weight is 365 g/mol. The van der Waals surface area contributed by atoms with E-state index in [1.54, 1.807) is 16.4 Å². The summed E-state index contributed by atoms with van der Waals surface area (Å²) in [5, 5.41) is 0.302. The van der Waals surface area contributed by atoms with E-state index >= 15 is 0 Å². The van der Waals surface area contributed by atoms with Gasteiger partial charge in [-0.2, -0.15) is 16.1 Å². The predicted molar refractivity (Wildman–Crippen MR) is 83.8 cm³/mol. The zero-order valence-corrected chi connectivity index (χ0v) is 14.1. The van der Waals surface area contributed by atoms with Gasteiger partial charge in [0.1, 0.15) is 0 Å². The molecule has 0 radical (unpaired) electrons. The van der Waals surface area contributed by atoms with Gasteiger partial charge in [0.15, 0.2) is 0 Å². The maximum atomic E-state index is 12.7. The number of hydrogen-bond acceptors (Lipinski definition) is 4. The summed E-state index contributed by atoms with van der Waals surface area (Å²) in [5.74, 6) is 0.830. The highest BCUT2D eigenvalue weighted by atomic mass is 79.9. The highest BCUT2D eigenvalue weighted by Crippen LogP contribution is 2.31. The first-order chi connectivity index (χ1) is 8.84. The highest BCUT2D eigenvalue weighted by Gasteiger charge is 2.34. The van der Waals surface area contributed by atoms with Gasteiger partial charge in [-0.05, 0) is 41.1 Å². The second kappa shape index (κ2) is 5.63. The van der Waals surface area contributed by atoms with Crippen LogP contribution < -0.4 is 5.73 Å². The van der Waals surface area contributed by atoms with Crippen molar-refractivity contribution in [3.05, 3.63) is 22.7 Å². The third kappa shape index (κ3) is 2.94. The Kier molecular flexibility index (Phi) is 4.49. The van der Waals surface area contributed by atoms with Crippen molar-refractivity contribution in [1.82, 2.24) is 4.31 Å². The summed E-state index contributed by atoms with van der Waals surface area (Å²) in [6, 6.07) is 4.77. The van der Waals surface area contributed by atoms with E-state index in [0.29, 0.717) is 22.0 Å². The Labute approximate surface area is 126 Å². The minimum absolute atomic E-state index is 0.00591. The van der Waals surface area contributed by atoms with Crippen molar-refractivity contribution in [3.63, 3.8) is 0 Å². The number of sulfonamides is 1. The van der Waals surface area contributed by atoms with E-state index in [9.17, 15) is 8.42 Å². The van der Waals surface area contributed by atoms with Crippen LogP contribution in [0.3, 0.4) is 0 Å². The quantitative estimate of drug-likeness (QED) is 0.819. The lowest BCUT2D eigenvalue weighted by Gasteiger charge is -2.36. The Hall–Kier alpha value is -0.240. The van der Waals surface area contributed by atoms with E-state index in [-0.39, 0.29) is 10.9 Å². The fourth-order valence-corrected chi connectivity index (χ4v) is 5.34.